The minimum Gasteiger partial charge on any atom is -0.492 e. The third-order valence-corrected chi connectivity index (χ3v) is 7.17. The van der Waals surface area contributed by atoms with Crippen LogP contribution in [0.15, 0.2) is 42.7 Å². The quantitative estimate of drug-likeness (QED) is 0.534. The molecule has 6 rings (SSSR count). The summed E-state index contributed by atoms with van der Waals surface area (Å²) in [7, 11) is 3.37. The van der Waals surface area contributed by atoms with Gasteiger partial charge in [0, 0.05) is 44.2 Å². The van der Waals surface area contributed by atoms with Crippen molar-refractivity contribution < 1.29 is 28.5 Å². The Balaban J connectivity index is 1.49. The fourth-order valence-electron chi connectivity index (χ4n) is 5.76. The molecule has 5 atom stereocenters. The lowest BCUT2D eigenvalue weighted by Crippen LogP contribution is -2.53. The number of ether oxygens (including phenoxy) is 5. The van der Waals surface area contributed by atoms with Crippen LogP contribution in [0.4, 0.5) is 0 Å². The number of fused-ring (bicyclic) bond motifs is 2. The molecule has 1 aromatic heterocycles. The van der Waals surface area contributed by atoms with Gasteiger partial charge in [-0.2, -0.15) is 0 Å². The molecule has 8 heteroatoms. The van der Waals surface area contributed by atoms with E-state index < -0.39 is 5.41 Å². The number of rotatable bonds is 4. The zero-order valence-corrected chi connectivity index (χ0v) is 17.9. The topological polar surface area (TPSA) is 79.4 Å². The first-order chi connectivity index (χ1) is 15.7. The van der Waals surface area contributed by atoms with E-state index in [1.165, 1.54) is 6.20 Å². The number of aromatic nitrogens is 1. The lowest BCUT2D eigenvalue weighted by molar-refractivity contribution is 0.0187. The molecule has 4 aliphatic rings. The van der Waals surface area contributed by atoms with Crippen molar-refractivity contribution in [2.24, 2.45) is 0 Å². The molecule has 0 N–H and O–H groups in total. The van der Waals surface area contributed by atoms with Crippen LogP contribution in [0.3, 0.4) is 0 Å². The maximum absolute atomic E-state index is 13.0. The molecule has 166 valence electrons. The zero-order chi connectivity index (χ0) is 21.9. The van der Waals surface area contributed by atoms with Crippen molar-refractivity contribution in [3.63, 3.8) is 0 Å². The normalized spacial score (nSPS) is 31.1. The van der Waals surface area contributed by atoms with Crippen molar-refractivity contribution >= 4 is 5.97 Å². The zero-order valence-electron chi connectivity index (χ0n) is 17.9. The average Bonchev–Trinajstić information content (AvgIpc) is 3.38. The summed E-state index contributed by atoms with van der Waals surface area (Å²) in [5, 5.41) is 0. The molecule has 1 fully saturated rings. The maximum Gasteiger partial charge on any atom is 0.340 e. The summed E-state index contributed by atoms with van der Waals surface area (Å²) < 4.78 is 29.0. The minimum absolute atomic E-state index is 0.0147. The lowest BCUT2D eigenvalue weighted by Gasteiger charge is -2.46. The van der Waals surface area contributed by atoms with Gasteiger partial charge in [0.05, 0.1) is 24.2 Å². The number of hydrogen-bond donors (Lipinski definition) is 0. The molecule has 1 aromatic carbocycles. The van der Waals surface area contributed by atoms with E-state index in [2.05, 4.69) is 22.0 Å². The molecule has 0 amide bonds. The van der Waals surface area contributed by atoms with Crippen LogP contribution < -0.4 is 14.2 Å². The predicted octanol–water partition coefficient (Wildman–Crippen LogP) is 2.46. The number of methoxy groups -OCH3 is 2. The molecule has 0 spiro atoms. The molecule has 1 saturated heterocycles. The second-order valence-electron chi connectivity index (χ2n) is 8.55. The number of pyridine rings is 1. The van der Waals surface area contributed by atoms with Crippen LogP contribution in [0.5, 0.6) is 17.2 Å². The highest BCUT2D eigenvalue weighted by Crippen LogP contribution is 2.57. The minimum atomic E-state index is -0.533. The number of hydrogen-bond acceptors (Lipinski definition) is 8. The lowest BCUT2D eigenvalue weighted by atomic mass is 9.65. The van der Waals surface area contributed by atoms with E-state index in [4.69, 9.17) is 23.7 Å². The molecule has 2 bridgehead atoms. The monoisotopic (exact) mass is 436 g/mol. The van der Waals surface area contributed by atoms with Crippen LogP contribution in [0.2, 0.25) is 0 Å². The van der Waals surface area contributed by atoms with Gasteiger partial charge in [-0.25, -0.2) is 4.79 Å². The Morgan fingerprint density at radius 1 is 1.31 bits per heavy atom. The molecular formula is C24H24N2O6. The number of nitrogens with zero attached hydrogens (tertiary/aromatic N) is 2. The van der Waals surface area contributed by atoms with Crippen LogP contribution in [0.25, 0.3) is 0 Å². The van der Waals surface area contributed by atoms with Crippen molar-refractivity contribution in [2.45, 2.75) is 36.6 Å². The summed E-state index contributed by atoms with van der Waals surface area (Å²) in [6.45, 7) is 1.45. The summed E-state index contributed by atoms with van der Waals surface area (Å²) in [5.41, 5.74) is 2.02. The summed E-state index contributed by atoms with van der Waals surface area (Å²) >= 11 is 0. The first kappa shape index (κ1) is 19.6. The molecule has 0 radical (unpaired) electrons. The van der Waals surface area contributed by atoms with Crippen molar-refractivity contribution in [3.8, 4) is 17.2 Å². The molecule has 8 nitrogen and oxygen atoms in total. The van der Waals surface area contributed by atoms with Gasteiger partial charge in [0.2, 0.25) is 12.5 Å². The maximum atomic E-state index is 13.0. The van der Waals surface area contributed by atoms with Crippen molar-refractivity contribution in [3.05, 3.63) is 59.4 Å². The fraction of sp³-hybridized carbons (Fsp3) is 0.417. The van der Waals surface area contributed by atoms with Gasteiger partial charge in [0.15, 0.2) is 11.5 Å². The van der Waals surface area contributed by atoms with Crippen molar-refractivity contribution in [1.29, 1.82) is 0 Å². The number of carbonyl (C=O) groups excluding carboxylic acids is 1. The third kappa shape index (κ3) is 2.63. The highest BCUT2D eigenvalue weighted by Gasteiger charge is 2.61. The molecule has 5 unspecified atom stereocenters. The van der Waals surface area contributed by atoms with Gasteiger partial charge in [0.1, 0.15) is 6.10 Å². The second-order valence-corrected chi connectivity index (χ2v) is 8.55. The van der Waals surface area contributed by atoms with Gasteiger partial charge in [-0.15, -0.1) is 0 Å². The number of esters is 1. The third-order valence-electron chi connectivity index (χ3n) is 7.17. The Bertz CT molecular complexity index is 1100. The summed E-state index contributed by atoms with van der Waals surface area (Å²) in [5.74, 6) is 1.62. The van der Waals surface area contributed by atoms with E-state index in [9.17, 15) is 4.79 Å². The van der Waals surface area contributed by atoms with E-state index in [1.54, 1.807) is 32.5 Å². The predicted molar refractivity (Wildman–Crippen MR) is 113 cm³/mol. The Morgan fingerprint density at radius 2 is 2.22 bits per heavy atom. The molecule has 0 saturated carbocycles. The summed E-state index contributed by atoms with van der Waals surface area (Å²) in [6, 6.07) is 5.62. The fourth-order valence-corrected chi connectivity index (χ4v) is 5.76. The highest BCUT2D eigenvalue weighted by atomic mass is 16.7. The standard InChI is InChI=1S/C24H24N2O6/c1-28-15-5-6-24-17-9-18-22(31-13-30-18)21(29-2)16(17)11-26(19(24)8-15)12-20(24)32-23(27)14-4-3-7-25-10-14/h3-7,9-10,15,19-20H,8,11-13H2,1-2H3. The van der Waals surface area contributed by atoms with Gasteiger partial charge in [-0.3, -0.25) is 9.88 Å². The Kier molecular flexibility index (Phi) is 4.41. The van der Waals surface area contributed by atoms with Crippen LogP contribution in [0.1, 0.15) is 27.9 Å². The molecule has 2 aromatic rings. The first-order valence-electron chi connectivity index (χ1n) is 10.7. The largest absolute Gasteiger partial charge is 0.492 e. The first-order valence-corrected chi connectivity index (χ1v) is 10.7. The molecule has 32 heavy (non-hydrogen) atoms. The van der Waals surface area contributed by atoms with E-state index in [0.29, 0.717) is 35.9 Å². The van der Waals surface area contributed by atoms with E-state index >= 15 is 0 Å². The Hall–Kier alpha value is -3.10. The van der Waals surface area contributed by atoms with Crippen LogP contribution >= 0.6 is 0 Å². The highest BCUT2D eigenvalue weighted by molar-refractivity contribution is 5.89. The summed E-state index contributed by atoms with van der Waals surface area (Å²) in [6.07, 6.45) is 7.87. The van der Waals surface area contributed by atoms with Gasteiger partial charge in [0.25, 0.3) is 0 Å². The van der Waals surface area contributed by atoms with E-state index in [1.807, 2.05) is 6.07 Å². The van der Waals surface area contributed by atoms with E-state index in [-0.39, 0.29) is 31.0 Å². The smallest absolute Gasteiger partial charge is 0.340 e. The molecule has 4 heterocycles. The number of carbonyl (C=O) groups is 1. The van der Waals surface area contributed by atoms with Crippen molar-refractivity contribution in [2.75, 3.05) is 27.6 Å². The Morgan fingerprint density at radius 3 is 3.00 bits per heavy atom. The van der Waals surface area contributed by atoms with Crippen molar-refractivity contribution in [1.82, 2.24) is 9.88 Å². The molecular weight excluding hydrogens is 412 g/mol. The van der Waals surface area contributed by atoms with Gasteiger partial charge in [-0.05, 0) is 30.2 Å². The summed E-state index contributed by atoms with van der Waals surface area (Å²) in [4.78, 5) is 19.4. The molecule has 1 aliphatic carbocycles. The number of benzene rings is 1. The van der Waals surface area contributed by atoms with Gasteiger partial charge < -0.3 is 23.7 Å². The Labute approximate surface area is 185 Å². The van der Waals surface area contributed by atoms with Crippen LogP contribution in [0, 0.1) is 0 Å². The van der Waals surface area contributed by atoms with E-state index in [0.717, 1.165) is 17.5 Å². The second kappa shape index (κ2) is 7.21. The molecule has 3 aliphatic heterocycles. The SMILES string of the molecule is COc1c2c(cc3c1OCO3)C13C=CC(OC)CC1N(C2)CC3OC(=O)c1cccnc1. The average molecular weight is 436 g/mol. The van der Waals surface area contributed by atoms with Gasteiger partial charge in [-0.1, -0.05) is 12.2 Å². The van der Waals surface area contributed by atoms with Gasteiger partial charge >= 0.3 is 5.97 Å². The van der Waals surface area contributed by atoms with Crippen LogP contribution in [-0.2, 0) is 21.4 Å². The van der Waals surface area contributed by atoms with Crippen LogP contribution in [-0.4, -0.2) is 61.7 Å².